The number of hydrogen-bond donors (Lipinski definition) is 1. The number of nitrogens with zero attached hydrogens (tertiary/aromatic N) is 1. The van der Waals surface area contributed by atoms with Gasteiger partial charge in [-0.3, -0.25) is 0 Å². The molecule has 2 aromatic rings. The Morgan fingerprint density at radius 1 is 1.29 bits per heavy atom. The van der Waals surface area contributed by atoms with E-state index in [1.54, 1.807) is 13.8 Å². The van der Waals surface area contributed by atoms with Crippen LogP contribution in [0.1, 0.15) is 29.8 Å². The van der Waals surface area contributed by atoms with Crippen molar-refractivity contribution in [2.24, 2.45) is 0 Å². The summed E-state index contributed by atoms with van der Waals surface area (Å²) in [7, 11) is 0. The molecule has 0 bridgehead atoms. The number of ether oxygens (including phenoxy) is 1. The maximum absolute atomic E-state index is 13.1. The van der Waals surface area contributed by atoms with Crippen LogP contribution in [0.4, 0.5) is 13.2 Å². The third-order valence-corrected chi connectivity index (χ3v) is 2.69. The van der Waals surface area contributed by atoms with E-state index in [-0.39, 0.29) is 28.5 Å². The Bertz CT molecular complexity index is 696. The van der Waals surface area contributed by atoms with Gasteiger partial charge in [0.15, 0.2) is 0 Å². The van der Waals surface area contributed by atoms with Crippen molar-refractivity contribution < 1.29 is 27.8 Å². The fourth-order valence-electron chi connectivity index (χ4n) is 1.87. The molecule has 0 amide bonds. The summed E-state index contributed by atoms with van der Waals surface area (Å²) >= 11 is 0. The first kappa shape index (κ1) is 15.1. The number of carboxylic acid groups (broad SMARTS) is 1. The van der Waals surface area contributed by atoms with E-state index in [2.05, 4.69) is 4.98 Å². The van der Waals surface area contributed by atoms with E-state index in [0.29, 0.717) is 0 Å². The van der Waals surface area contributed by atoms with E-state index in [4.69, 9.17) is 9.84 Å². The van der Waals surface area contributed by atoms with Crippen LogP contribution in [0.5, 0.6) is 5.88 Å². The Balaban J connectivity index is 2.72. The number of rotatable bonds is 3. The first-order valence-corrected chi connectivity index (χ1v) is 6.10. The molecule has 1 heterocycles. The van der Waals surface area contributed by atoms with Crippen molar-refractivity contribution >= 4 is 16.9 Å². The number of carbonyl (C=O) groups is 1. The number of carboxylic acids is 1. The van der Waals surface area contributed by atoms with Gasteiger partial charge in [0.2, 0.25) is 5.88 Å². The summed E-state index contributed by atoms with van der Waals surface area (Å²) in [5.41, 5.74) is -1.16. The van der Waals surface area contributed by atoms with Gasteiger partial charge in [-0.05, 0) is 32.0 Å². The first-order chi connectivity index (χ1) is 9.68. The van der Waals surface area contributed by atoms with E-state index in [0.717, 1.165) is 12.1 Å². The van der Waals surface area contributed by atoms with E-state index in [9.17, 15) is 18.0 Å². The second-order valence-corrected chi connectivity index (χ2v) is 4.71. The Labute approximate surface area is 118 Å². The number of aromatic nitrogens is 1. The summed E-state index contributed by atoms with van der Waals surface area (Å²) in [5, 5.41) is 8.62. The summed E-state index contributed by atoms with van der Waals surface area (Å²) in [6.45, 7) is 3.35. The van der Waals surface area contributed by atoms with Crippen molar-refractivity contribution in [2.45, 2.75) is 26.1 Å². The van der Waals surface area contributed by atoms with Crippen molar-refractivity contribution in [1.82, 2.24) is 4.98 Å². The zero-order valence-corrected chi connectivity index (χ0v) is 11.2. The molecule has 1 N–H and O–H groups in total. The molecule has 0 radical (unpaired) electrons. The fourth-order valence-corrected chi connectivity index (χ4v) is 1.87. The van der Waals surface area contributed by atoms with Gasteiger partial charge < -0.3 is 9.84 Å². The van der Waals surface area contributed by atoms with E-state index in [1.807, 2.05) is 0 Å². The van der Waals surface area contributed by atoms with Crippen molar-refractivity contribution in [3.05, 3.63) is 35.4 Å². The van der Waals surface area contributed by atoms with Gasteiger partial charge >= 0.3 is 12.1 Å². The van der Waals surface area contributed by atoms with Crippen LogP contribution in [0.2, 0.25) is 0 Å². The SMILES string of the molecule is CC(C)Oc1cc(C(F)(F)F)c2cc(C(=O)O)ccc2n1. The molecule has 0 saturated heterocycles. The van der Waals surface area contributed by atoms with Crippen LogP contribution in [0.25, 0.3) is 10.9 Å². The van der Waals surface area contributed by atoms with Gasteiger partial charge in [-0.1, -0.05) is 0 Å². The van der Waals surface area contributed by atoms with Gasteiger partial charge in [-0.2, -0.15) is 13.2 Å². The molecule has 1 aromatic carbocycles. The second-order valence-electron chi connectivity index (χ2n) is 4.71. The number of halogens is 3. The standard InChI is InChI=1S/C14H12F3NO3/c1-7(2)21-12-6-10(14(15,16)17)9-5-8(13(19)20)3-4-11(9)18-12/h3-7H,1-2H3,(H,19,20). The lowest BCUT2D eigenvalue weighted by molar-refractivity contribution is -0.136. The molecular formula is C14H12F3NO3. The molecule has 7 heteroatoms. The highest BCUT2D eigenvalue weighted by Crippen LogP contribution is 2.36. The monoisotopic (exact) mass is 299 g/mol. The predicted octanol–water partition coefficient (Wildman–Crippen LogP) is 3.74. The highest BCUT2D eigenvalue weighted by atomic mass is 19.4. The van der Waals surface area contributed by atoms with Crippen LogP contribution in [0.3, 0.4) is 0 Å². The van der Waals surface area contributed by atoms with E-state index < -0.39 is 17.7 Å². The minimum absolute atomic E-state index is 0.0328. The van der Waals surface area contributed by atoms with E-state index >= 15 is 0 Å². The molecule has 0 unspecified atom stereocenters. The van der Waals surface area contributed by atoms with Crippen LogP contribution in [0.15, 0.2) is 24.3 Å². The molecule has 4 nitrogen and oxygen atoms in total. The summed E-state index contributed by atoms with van der Waals surface area (Å²) in [6.07, 6.45) is -4.96. The minimum atomic E-state index is -4.63. The average Bonchev–Trinajstić information content (AvgIpc) is 2.35. The van der Waals surface area contributed by atoms with Crippen LogP contribution in [-0.2, 0) is 6.18 Å². The zero-order chi connectivity index (χ0) is 15.8. The molecule has 0 aliphatic carbocycles. The third kappa shape index (κ3) is 3.24. The van der Waals surface area contributed by atoms with Crippen molar-refractivity contribution in [3.8, 4) is 5.88 Å². The van der Waals surface area contributed by atoms with Crippen LogP contribution in [0, 0.1) is 0 Å². The minimum Gasteiger partial charge on any atom is -0.478 e. The quantitative estimate of drug-likeness (QED) is 0.938. The van der Waals surface area contributed by atoms with Crippen LogP contribution in [-0.4, -0.2) is 22.2 Å². The highest BCUT2D eigenvalue weighted by molar-refractivity contribution is 5.94. The number of alkyl halides is 3. The largest absolute Gasteiger partial charge is 0.478 e. The van der Waals surface area contributed by atoms with Gasteiger partial charge in [0.1, 0.15) is 0 Å². The van der Waals surface area contributed by atoms with Gasteiger partial charge in [0.05, 0.1) is 22.7 Å². The molecule has 21 heavy (non-hydrogen) atoms. The molecule has 0 aliphatic rings. The maximum Gasteiger partial charge on any atom is 0.417 e. The molecule has 2 rings (SSSR count). The molecule has 0 fully saturated rings. The first-order valence-electron chi connectivity index (χ1n) is 6.10. The third-order valence-electron chi connectivity index (χ3n) is 2.69. The molecule has 0 saturated carbocycles. The normalized spacial score (nSPS) is 11.9. The van der Waals surface area contributed by atoms with E-state index in [1.165, 1.54) is 12.1 Å². The number of pyridine rings is 1. The molecule has 0 atom stereocenters. The molecule has 112 valence electrons. The lowest BCUT2D eigenvalue weighted by Gasteiger charge is -2.14. The van der Waals surface area contributed by atoms with Crippen LogP contribution < -0.4 is 4.74 Å². The Morgan fingerprint density at radius 3 is 2.48 bits per heavy atom. The topological polar surface area (TPSA) is 59.4 Å². The predicted molar refractivity (Wildman–Crippen MR) is 69.5 cm³/mol. The molecule has 1 aromatic heterocycles. The lowest BCUT2D eigenvalue weighted by Crippen LogP contribution is -2.11. The highest BCUT2D eigenvalue weighted by Gasteiger charge is 2.34. The van der Waals surface area contributed by atoms with Gasteiger partial charge in [0.25, 0.3) is 0 Å². The number of aromatic carboxylic acids is 1. The summed E-state index contributed by atoms with van der Waals surface area (Å²) in [4.78, 5) is 14.9. The van der Waals surface area contributed by atoms with Crippen molar-refractivity contribution in [2.75, 3.05) is 0 Å². The summed E-state index contributed by atoms with van der Waals surface area (Å²) < 4.78 is 44.6. The second kappa shape index (κ2) is 5.23. The van der Waals surface area contributed by atoms with Crippen molar-refractivity contribution in [3.63, 3.8) is 0 Å². The zero-order valence-electron chi connectivity index (χ0n) is 11.2. The van der Waals surface area contributed by atoms with Gasteiger partial charge in [0, 0.05) is 11.5 Å². The number of fused-ring (bicyclic) bond motifs is 1. The average molecular weight is 299 g/mol. The number of hydrogen-bond acceptors (Lipinski definition) is 3. The fraction of sp³-hybridized carbons (Fsp3) is 0.286. The smallest absolute Gasteiger partial charge is 0.417 e. The number of benzene rings is 1. The van der Waals surface area contributed by atoms with Gasteiger partial charge in [-0.25, -0.2) is 9.78 Å². The van der Waals surface area contributed by atoms with Gasteiger partial charge in [-0.15, -0.1) is 0 Å². The summed E-state index contributed by atoms with van der Waals surface area (Å²) in [5.74, 6) is -1.44. The summed E-state index contributed by atoms with van der Waals surface area (Å²) in [6, 6.07) is 4.19. The lowest BCUT2D eigenvalue weighted by atomic mass is 10.1. The Morgan fingerprint density at radius 2 is 1.95 bits per heavy atom. The Kier molecular flexibility index (Phi) is 3.76. The maximum atomic E-state index is 13.1. The molecule has 0 spiro atoms. The Hall–Kier alpha value is -2.31. The molecular weight excluding hydrogens is 287 g/mol. The van der Waals surface area contributed by atoms with Crippen molar-refractivity contribution in [1.29, 1.82) is 0 Å². The molecule has 0 aliphatic heterocycles. The van der Waals surface area contributed by atoms with Crippen LogP contribution >= 0.6 is 0 Å².